The fraction of sp³-hybridized carbons (Fsp3) is 0.111. The van der Waals surface area contributed by atoms with Crippen molar-refractivity contribution in [2.75, 3.05) is 7.11 Å². The van der Waals surface area contributed by atoms with Crippen molar-refractivity contribution >= 4 is 29.2 Å². The van der Waals surface area contributed by atoms with Crippen LogP contribution in [0.3, 0.4) is 0 Å². The SMILES string of the molecule is COC(=O)c1ccc(Cn2ccnc2-c2cc(Cl)cc(Cl)c2)cc1. The number of rotatable bonds is 4. The van der Waals surface area contributed by atoms with Crippen LogP contribution in [0.4, 0.5) is 0 Å². The number of benzene rings is 2. The van der Waals surface area contributed by atoms with Crippen LogP contribution >= 0.6 is 23.2 Å². The van der Waals surface area contributed by atoms with Crippen molar-refractivity contribution in [3.63, 3.8) is 0 Å². The number of aromatic nitrogens is 2. The molecule has 3 rings (SSSR count). The molecule has 4 nitrogen and oxygen atoms in total. The first-order valence-corrected chi connectivity index (χ1v) is 7.97. The number of carbonyl (C=O) groups is 1. The molecule has 122 valence electrons. The van der Waals surface area contributed by atoms with E-state index in [9.17, 15) is 4.79 Å². The first kappa shape index (κ1) is 16.6. The number of nitrogens with zero attached hydrogens (tertiary/aromatic N) is 2. The Balaban J connectivity index is 1.87. The van der Waals surface area contributed by atoms with E-state index in [1.807, 2.05) is 35.0 Å². The number of halogens is 2. The highest BCUT2D eigenvalue weighted by molar-refractivity contribution is 6.35. The van der Waals surface area contributed by atoms with E-state index in [-0.39, 0.29) is 5.97 Å². The van der Waals surface area contributed by atoms with Gasteiger partial charge >= 0.3 is 5.97 Å². The molecule has 2 aromatic carbocycles. The van der Waals surface area contributed by atoms with Crippen LogP contribution in [0.25, 0.3) is 11.4 Å². The number of esters is 1. The van der Waals surface area contributed by atoms with Crippen molar-refractivity contribution in [3.8, 4) is 11.4 Å². The average Bonchev–Trinajstić information content (AvgIpc) is 3.02. The van der Waals surface area contributed by atoms with Gasteiger partial charge in [-0.2, -0.15) is 0 Å². The fourth-order valence-corrected chi connectivity index (χ4v) is 2.97. The van der Waals surface area contributed by atoms with Crippen molar-refractivity contribution in [3.05, 3.63) is 76.0 Å². The first-order valence-electron chi connectivity index (χ1n) is 7.21. The van der Waals surface area contributed by atoms with Gasteiger partial charge < -0.3 is 9.30 Å². The van der Waals surface area contributed by atoms with Gasteiger partial charge in [0.15, 0.2) is 0 Å². The van der Waals surface area contributed by atoms with E-state index in [1.165, 1.54) is 7.11 Å². The maximum atomic E-state index is 11.5. The molecule has 0 spiro atoms. The van der Waals surface area contributed by atoms with Crippen molar-refractivity contribution in [2.45, 2.75) is 6.54 Å². The number of carbonyl (C=O) groups excluding carboxylic acids is 1. The Kier molecular flexibility index (Phi) is 4.88. The van der Waals surface area contributed by atoms with E-state index < -0.39 is 0 Å². The molecule has 0 aliphatic heterocycles. The van der Waals surface area contributed by atoms with Gasteiger partial charge in [-0.1, -0.05) is 35.3 Å². The van der Waals surface area contributed by atoms with E-state index in [1.54, 1.807) is 24.4 Å². The van der Waals surface area contributed by atoms with Crippen LogP contribution in [0.15, 0.2) is 54.9 Å². The zero-order chi connectivity index (χ0) is 17.1. The lowest BCUT2D eigenvalue weighted by Gasteiger charge is -2.09. The second kappa shape index (κ2) is 7.07. The third-order valence-electron chi connectivity index (χ3n) is 3.56. The van der Waals surface area contributed by atoms with Crippen molar-refractivity contribution in [1.29, 1.82) is 0 Å². The molecule has 0 atom stereocenters. The van der Waals surface area contributed by atoms with Crippen LogP contribution in [-0.2, 0) is 11.3 Å². The third kappa shape index (κ3) is 3.61. The Morgan fingerprint density at radius 3 is 2.42 bits per heavy atom. The molecule has 1 heterocycles. The molecule has 0 amide bonds. The van der Waals surface area contributed by atoms with Gasteiger partial charge in [0.2, 0.25) is 0 Å². The Labute approximate surface area is 149 Å². The number of hydrogen-bond donors (Lipinski definition) is 0. The highest BCUT2D eigenvalue weighted by Gasteiger charge is 2.09. The molecular formula is C18H14Cl2N2O2. The lowest BCUT2D eigenvalue weighted by atomic mass is 10.1. The first-order chi connectivity index (χ1) is 11.6. The lowest BCUT2D eigenvalue weighted by Crippen LogP contribution is -2.03. The van der Waals surface area contributed by atoms with Crippen LogP contribution in [-0.4, -0.2) is 22.6 Å². The highest BCUT2D eigenvalue weighted by Crippen LogP contribution is 2.26. The Morgan fingerprint density at radius 1 is 1.12 bits per heavy atom. The Bertz CT molecular complexity index is 853. The summed E-state index contributed by atoms with van der Waals surface area (Å²) in [7, 11) is 1.37. The molecule has 0 N–H and O–H groups in total. The molecule has 0 aliphatic rings. The Morgan fingerprint density at radius 2 is 1.79 bits per heavy atom. The molecule has 0 unspecified atom stereocenters. The van der Waals surface area contributed by atoms with E-state index >= 15 is 0 Å². The maximum Gasteiger partial charge on any atom is 0.337 e. The molecule has 6 heteroatoms. The number of ether oxygens (including phenoxy) is 1. The lowest BCUT2D eigenvalue weighted by molar-refractivity contribution is 0.0600. The summed E-state index contributed by atoms with van der Waals surface area (Å²) in [4.78, 5) is 15.9. The predicted molar refractivity (Wildman–Crippen MR) is 94.6 cm³/mol. The molecule has 24 heavy (non-hydrogen) atoms. The smallest absolute Gasteiger partial charge is 0.337 e. The van der Waals surface area contributed by atoms with Crippen molar-refractivity contribution in [2.24, 2.45) is 0 Å². The molecular weight excluding hydrogens is 347 g/mol. The summed E-state index contributed by atoms with van der Waals surface area (Å²) in [6, 6.07) is 12.6. The fourth-order valence-electron chi connectivity index (χ4n) is 2.44. The normalized spacial score (nSPS) is 10.6. The largest absolute Gasteiger partial charge is 0.465 e. The third-order valence-corrected chi connectivity index (χ3v) is 4.00. The van der Waals surface area contributed by atoms with Crippen molar-refractivity contribution < 1.29 is 9.53 Å². The molecule has 0 bridgehead atoms. The van der Waals surface area contributed by atoms with Gasteiger partial charge in [-0.15, -0.1) is 0 Å². The number of imidazole rings is 1. The molecule has 1 aromatic heterocycles. The molecule has 3 aromatic rings. The molecule has 0 fully saturated rings. The number of hydrogen-bond acceptors (Lipinski definition) is 3. The monoisotopic (exact) mass is 360 g/mol. The van der Waals surface area contributed by atoms with Gasteiger partial charge in [0, 0.05) is 34.5 Å². The zero-order valence-electron chi connectivity index (χ0n) is 12.9. The number of methoxy groups -OCH3 is 1. The van der Waals surface area contributed by atoms with Crippen LogP contribution in [0.1, 0.15) is 15.9 Å². The van der Waals surface area contributed by atoms with Crippen molar-refractivity contribution in [1.82, 2.24) is 9.55 Å². The van der Waals surface area contributed by atoms with Crippen LogP contribution in [0.2, 0.25) is 10.0 Å². The second-order valence-electron chi connectivity index (χ2n) is 5.23. The second-order valence-corrected chi connectivity index (χ2v) is 6.10. The topological polar surface area (TPSA) is 44.1 Å². The standard InChI is InChI=1S/C18H14Cl2N2O2/c1-24-18(23)13-4-2-12(3-5-13)11-22-7-6-21-17(22)14-8-15(19)10-16(20)9-14/h2-10H,11H2,1H3. The van der Waals surface area contributed by atoms with Gasteiger partial charge in [0.25, 0.3) is 0 Å². The summed E-state index contributed by atoms with van der Waals surface area (Å²) in [5.74, 6) is 0.426. The summed E-state index contributed by atoms with van der Waals surface area (Å²) in [5, 5.41) is 1.13. The van der Waals surface area contributed by atoms with Crippen LogP contribution in [0, 0.1) is 0 Å². The van der Waals surface area contributed by atoms with E-state index in [0.717, 1.165) is 17.0 Å². The van der Waals surface area contributed by atoms with E-state index in [4.69, 9.17) is 27.9 Å². The summed E-state index contributed by atoms with van der Waals surface area (Å²) in [5.41, 5.74) is 2.41. The van der Waals surface area contributed by atoms with Gasteiger partial charge in [-0.05, 0) is 35.9 Å². The summed E-state index contributed by atoms with van der Waals surface area (Å²) < 4.78 is 6.70. The molecule has 0 saturated carbocycles. The van der Waals surface area contributed by atoms with Gasteiger partial charge in [-0.25, -0.2) is 9.78 Å². The maximum absolute atomic E-state index is 11.5. The Hall–Kier alpha value is -2.30. The minimum Gasteiger partial charge on any atom is -0.465 e. The predicted octanol–water partition coefficient (Wildman–Crippen LogP) is 4.69. The molecule has 0 aliphatic carbocycles. The zero-order valence-corrected chi connectivity index (χ0v) is 14.4. The summed E-state index contributed by atoms with van der Waals surface area (Å²) >= 11 is 12.2. The summed E-state index contributed by atoms with van der Waals surface area (Å²) in [6.07, 6.45) is 3.62. The quantitative estimate of drug-likeness (QED) is 0.633. The molecule has 0 radical (unpaired) electrons. The van der Waals surface area contributed by atoms with E-state index in [0.29, 0.717) is 22.2 Å². The van der Waals surface area contributed by atoms with Crippen LogP contribution < -0.4 is 0 Å². The van der Waals surface area contributed by atoms with Gasteiger partial charge in [-0.3, -0.25) is 0 Å². The van der Waals surface area contributed by atoms with E-state index in [2.05, 4.69) is 4.98 Å². The average molecular weight is 361 g/mol. The minimum absolute atomic E-state index is 0.349. The minimum atomic E-state index is -0.349. The highest BCUT2D eigenvalue weighted by atomic mass is 35.5. The molecule has 0 saturated heterocycles. The summed E-state index contributed by atoms with van der Waals surface area (Å²) in [6.45, 7) is 0.612. The van der Waals surface area contributed by atoms with Gasteiger partial charge in [0.05, 0.1) is 12.7 Å². The van der Waals surface area contributed by atoms with Gasteiger partial charge in [0.1, 0.15) is 5.82 Å². The van der Waals surface area contributed by atoms with Crippen LogP contribution in [0.5, 0.6) is 0 Å².